The molecule has 2 amide bonds. The number of carbonyl (C=O) groups is 2. The molecule has 1 aliphatic carbocycles. The lowest BCUT2D eigenvalue weighted by atomic mass is 9.92. The largest absolute Gasteiger partial charge is 0.453 e. The highest BCUT2D eigenvalue weighted by Crippen LogP contribution is 2.33. The summed E-state index contributed by atoms with van der Waals surface area (Å²) in [5, 5.41) is 23.8. The smallest absolute Gasteiger partial charge is 0.409 e. The predicted octanol–water partition coefficient (Wildman–Crippen LogP) is -0.0836. The Morgan fingerprint density at radius 2 is 1.97 bits per heavy atom. The Morgan fingerprint density at radius 1 is 1.22 bits per heavy atom. The van der Waals surface area contributed by atoms with Crippen LogP contribution < -0.4 is 11.1 Å². The maximum absolute atomic E-state index is 12.4. The van der Waals surface area contributed by atoms with Crippen LogP contribution >= 0.6 is 0 Å². The first-order chi connectivity index (χ1) is 17.9. The molecule has 1 saturated carbocycles. The summed E-state index contributed by atoms with van der Waals surface area (Å²) in [6.07, 6.45) is 1.14. The van der Waals surface area contributed by atoms with Gasteiger partial charge in [0.15, 0.2) is 23.8 Å². The van der Waals surface area contributed by atoms with Crippen molar-refractivity contribution >= 4 is 29.0 Å². The normalized spacial score (nSPS) is 26.1. The topological polar surface area (TPSA) is 178 Å². The van der Waals surface area contributed by atoms with Crippen molar-refractivity contribution in [2.24, 2.45) is 5.92 Å². The van der Waals surface area contributed by atoms with Crippen LogP contribution in [0, 0.1) is 17.8 Å². The molecule has 0 unspecified atom stereocenters. The Bertz CT molecular complexity index is 1230. The van der Waals surface area contributed by atoms with Gasteiger partial charge in [-0.25, -0.2) is 19.7 Å². The summed E-state index contributed by atoms with van der Waals surface area (Å²) in [5.74, 6) is 6.37. The van der Waals surface area contributed by atoms with Crippen LogP contribution in [0.2, 0.25) is 0 Å². The molecule has 0 bridgehead atoms. The number of aliphatic hydroxyl groups excluding tert-OH is 2. The summed E-state index contributed by atoms with van der Waals surface area (Å²) in [6.45, 7) is 1.36. The van der Waals surface area contributed by atoms with Crippen molar-refractivity contribution in [1.29, 1.82) is 0 Å². The Labute approximate surface area is 213 Å². The fourth-order valence-electron chi connectivity index (χ4n) is 4.75. The fourth-order valence-corrected chi connectivity index (χ4v) is 4.75. The molecule has 0 spiro atoms. The molecule has 2 aliphatic heterocycles. The maximum Gasteiger partial charge on any atom is 0.409 e. The number of nitrogens with zero attached hydrogens (tertiary/aromatic N) is 5. The van der Waals surface area contributed by atoms with Gasteiger partial charge >= 0.3 is 6.09 Å². The second-order valence-electron chi connectivity index (χ2n) is 9.71. The molecule has 4 heterocycles. The first-order valence-corrected chi connectivity index (χ1v) is 12.5. The fraction of sp³-hybridized carbons (Fsp3) is 0.625. The summed E-state index contributed by atoms with van der Waals surface area (Å²) >= 11 is 0. The number of fused-ring (bicyclic) bond motifs is 1. The van der Waals surface area contributed by atoms with E-state index in [0.717, 1.165) is 32.1 Å². The minimum Gasteiger partial charge on any atom is -0.453 e. The molecule has 3 aliphatic rings. The Balaban J connectivity index is 1.25. The molecule has 0 aromatic carbocycles. The number of nitrogens with one attached hydrogen (secondary N) is 1. The Kier molecular flexibility index (Phi) is 7.14. The van der Waals surface area contributed by atoms with Crippen molar-refractivity contribution in [1.82, 2.24) is 29.7 Å². The van der Waals surface area contributed by atoms with E-state index in [4.69, 9.17) is 15.2 Å². The van der Waals surface area contributed by atoms with Crippen molar-refractivity contribution in [3.05, 3.63) is 12.2 Å². The molecule has 4 atom stereocenters. The minimum atomic E-state index is -1.40. The lowest BCUT2D eigenvalue weighted by molar-refractivity contribution is -0.137. The molecule has 37 heavy (non-hydrogen) atoms. The van der Waals surface area contributed by atoms with Gasteiger partial charge in [0.2, 0.25) is 5.82 Å². The molecular formula is C24H31N7O6. The van der Waals surface area contributed by atoms with Crippen LogP contribution in [-0.4, -0.2) is 91.2 Å². The highest BCUT2D eigenvalue weighted by atomic mass is 16.6. The van der Waals surface area contributed by atoms with Crippen molar-refractivity contribution in [3.63, 3.8) is 0 Å². The average Bonchev–Trinajstić information content (AvgIpc) is 3.53. The summed E-state index contributed by atoms with van der Waals surface area (Å²) in [6, 6.07) is 0.0925. The van der Waals surface area contributed by atoms with Crippen LogP contribution in [0.15, 0.2) is 6.33 Å². The van der Waals surface area contributed by atoms with Gasteiger partial charge in [-0.3, -0.25) is 9.36 Å². The lowest BCUT2D eigenvalue weighted by Gasteiger charge is -2.30. The molecule has 2 aromatic heterocycles. The number of nitrogens with two attached hydrogens (primary N) is 1. The predicted molar refractivity (Wildman–Crippen MR) is 130 cm³/mol. The third-order valence-corrected chi connectivity index (χ3v) is 7.07. The second kappa shape index (κ2) is 10.5. The number of aromatic nitrogens is 4. The lowest BCUT2D eigenvalue weighted by Crippen LogP contribution is -2.43. The van der Waals surface area contributed by atoms with E-state index in [1.165, 1.54) is 18.0 Å². The van der Waals surface area contributed by atoms with Crippen molar-refractivity contribution in [2.45, 2.75) is 69.1 Å². The zero-order valence-electron chi connectivity index (χ0n) is 20.5. The van der Waals surface area contributed by atoms with E-state index in [0.29, 0.717) is 30.9 Å². The first-order valence-electron chi connectivity index (χ1n) is 12.5. The quantitative estimate of drug-likeness (QED) is 0.395. The zero-order valence-corrected chi connectivity index (χ0v) is 20.5. The van der Waals surface area contributed by atoms with Crippen LogP contribution in [-0.2, 0) is 14.3 Å². The van der Waals surface area contributed by atoms with E-state index in [9.17, 15) is 19.8 Å². The standard InChI is InChI=1S/C24H31N7O6/c1-36-24(35)30-10-8-13(9-11-30)4-2-3-5-15-28-20(25)16-21(29-15)31(12-26-16)23-18(33)17(32)19(37-23)22(34)27-14-6-7-14/h12-14,17-19,23,32-33H,2,4,6-11H2,1H3,(H,27,34)(H2,25,28,29)/t17-,18+,19-,23+/m0/s1. The van der Waals surface area contributed by atoms with Crippen molar-refractivity contribution < 1.29 is 29.3 Å². The van der Waals surface area contributed by atoms with Gasteiger partial charge in [-0.1, -0.05) is 5.92 Å². The van der Waals surface area contributed by atoms with Crippen molar-refractivity contribution in [3.8, 4) is 11.8 Å². The number of hydrogen-bond acceptors (Lipinski definition) is 10. The number of amides is 2. The molecule has 5 rings (SSSR count). The van der Waals surface area contributed by atoms with Gasteiger partial charge in [0, 0.05) is 25.6 Å². The van der Waals surface area contributed by atoms with Crippen LogP contribution in [0.25, 0.3) is 11.2 Å². The molecule has 13 nitrogen and oxygen atoms in total. The molecule has 0 radical (unpaired) electrons. The van der Waals surface area contributed by atoms with Crippen LogP contribution in [0.3, 0.4) is 0 Å². The average molecular weight is 514 g/mol. The summed E-state index contributed by atoms with van der Waals surface area (Å²) in [5.41, 5.74) is 6.67. The molecule has 2 saturated heterocycles. The highest BCUT2D eigenvalue weighted by molar-refractivity contribution is 5.83. The first kappa shape index (κ1) is 25.2. The number of imidazole rings is 1. The number of aliphatic hydroxyl groups is 2. The van der Waals surface area contributed by atoms with E-state index in [1.807, 2.05) is 0 Å². The van der Waals surface area contributed by atoms with E-state index in [-0.39, 0.29) is 29.4 Å². The number of hydrogen-bond donors (Lipinski definition) is 4. The molecular weight excluding hydrogens is 482 g/mol. The van der Waals surface area contributed by atoms with E-state index in [1.54, 1.807) is 4.90 Å². The van der Waals surface area contributed by atoms with E-state index >= 15 is 0 Å². The summed E-state index contributed by atoms with van der Waals surface area (Å²) in [7, 11) is 1.39. The second-order valence-corrected chi connectivity index (χ2v) is 9.71. The summed E-state index contributed by atoms with van der Waals surface area (Å²) in [4.78, 5) is 38.7. The number of methoxy groups -OCH3 is 1. The summed E-state index contributed by atoms with van der Waals surface area (Å²) < 4.78 is 12.0. The molecule has 3 fully saturated rings. The third-order valence-electron chi connectivity index (χ3n) is 7.07. The number of likely N-dealkylation sites (tertiary alicyclic amines) is 1. The number of carbonyl (C=O) groups excluding carboxylic acids is 2. The zero-order chi connectivity index (χ0) is 26.1. The van der Waals surface area contributed by atoms with Crippen LogP contribution in [0.5, 0.6) is 0 Å². The highest BCUT2D eigenvalue weighted by Gasteiger charge is 2.48. The van der Waals surface area contributed by atoms with Gasteiger partial charge in [-0.05, 0) is 43.9 Å². The minimum absolute atomic E-state index is 0.0925. The monoisotopic (exact) mass is 513 g/mol. The maximum atomic E-state index is 12.4. The van der Waals surface area contributed by atoms with Crippen LogP contribution in [0.4, 0.5) is 10.6 Å². The van der Waals surface area contributed by atoms with Gasteiger partial charge in [0.05, 0.1) is 13.4 Å². The van der Waals surface area contributed by atoms with Crippen molar-refractivity contribution in [2.75, 3.05) is 25.9 Å². The third kappa shape index (κ3) is 5.31. The number of nitrogen functional groups attached to an aromatic ring is 1. The Hall–Kier alpha value is -3.47. The molecule has 5 N–H and O–H groups in total. The number of ether oxygens (including phenoxy) is 2. The van der Waals surface area contributed by atoms with Gasteiger partial charge in [-0.15, -0.1) is 0 Å². The van der Waals surface area contributed by atoms with Gasteiger partial charge in [0.25, 0.3) is 5.91 Å². The van der Waals surface area contributed by atoms with Gasteiger partial charge < -0.3 is 35.6 Å². The molecule has 198 valence electrons. The molecule has 13 heteroatoms. The van der Waals surface area contributed by atoms with Gasteiger partial charge in [0.1, 0.15) is 17.7 Å². The molecule has 2 aromatic rings. The SMILES string of the molecule is COC(=O)N1CCC(CCC#Cc2nc(N)c3ncn([C@@H]4O[C@H](C(=O)NC5CC5)[C@@H](O)[C@H]4O)c3n2)CC1. The van der Waals surface area contributed by atoms with Crippen LogP contribution in [0.1, 0.15) is 50.6 Å². The van der Waals surface area contributed by atoms with E-state index in [2.05, 4.69) is 32.1 Å². The number of piperidine rings is 1. The van der Waals surface area contributed by atoms with Gasteiger partial charge in [-0.2, -0.15) is 0 Å². The number of rotatable bonds is 5. The number of anilines is 1. The Morgan fingerprint density at radius 3 is 2.68 bits per heavy atom. The van der Waals surface area contributed by atoms with E-state index < -0.39 is 30.4 Å².